The second-order valence-electron chi connectivity index (χ2n) is 8.75. The zero-order chi connectivity index (χ0) is 26.5. The third-order valence-corrected chi connectivity index (χ3v) is 8.11. The predicted octanol–water partition coefficient (Wildman–Crippen LogP) is 4.56. The standard InChI is InChI=1S/C26H28N4O5S2/c1-29(2)18-6-4-16(5-7-18)23(31)28-26-27-15-22(37-26)36-19-8-9-21(35-3)20(14-19)24(32)30-12-10-17(11-13-30)25(33)34/h4-9,14-15,17H,10-13H2,1-3H3,(H,33,34)(H,27,28,31). The molecule has 0 aliphatic carbocycles. The van der Waals surface area contributed by atoms with Gasteiger partial charge in [-0.3, -0.25) is 19.7 Å². The molecule has 2 aromatic carbocycles. The predicted molar refractivity (Wildman–Crippen MR) is 144 cm³/mol. The quantitative estimate of drug-likeness (QED) is 0.428. The van der Waals surface area contributed by atoms with E-state index in [0.29, 0.717) is 47.9 Å². The van der Waals surface area contributed by atoms with Crippen molar-refractivity contribution >= 4 is 51.7 Å². The number of hydrogen-bond donors (Lipinski definition) is 2. The normalized spacial score (nSPS) is 13.8. The Morgan fingerprint density at radius 1 is 1.14 bits per heavy atom. The number of anilines is 2. The molecule has 0 spiro atoms. The molecule has 0 unspecified atom stereocenters. The topological polar surface area (TPSA) is 112 Å². The van der Waals surface area contributed by atoms with Gasteiger partial charge in [0, 0.05) is 43.3 Å². The van der Waals surface area contributed by atoms with E-state index in [4.69, 9.17) is 4.74 Å². The van der Waals surface area contributed by atoms with Gasteiger partial charge in [-0.15, -0.1) is 0 Å². The summed E-state index contributed by atoms with van der Waals surface area (Å²) >= 11 is 2.78. The summed E-state index contributed by atoms with van der Waals surface area (Å²) in [5, 5.41) is 12.5. The van der Waals surface area contributed by atoms with Crippen LogP contribution >= 0.6 is 23.1 Å². The largest absolute Gasteiger partial charge is 0.496 e. The third-order valence-electron chi connectivity index (χ3n) is 6.10. The van der Waals surface area contributed by atoms with Crippen molar-refractivity contribution in [2.45, 2.75) is 21.9 Å². The van der Waals surface area contributed by atoms with Crippen molar-refractivity contribution < 1.29 is 24.2 Å². The smallest absolute Gasteiger partial charge is 0.306 e. The van der Waals surface area contributed by atoms with Crippen LogP contribution in [0.25, 0.3) is 0 Å². The van der Waals surface area contributed by atoms with Crippen molar-refractivity contribution in [3.05, 3.63) is 59.8 Å². The number of carbonyl (C=O) groups is 3. The van der Waals surface area contributed by atoms with Gasteiger partial charge in [-0.05, 0) is 55.3 Å². The van der Waals surface area contributed by atoms with Crippen LogP contribution in [0.1, 0.15) is 33.6 Å². The van der Waals surface area contributed by atoms with Crippen molar-refractivity contribution in [3.8, 4) is 5.75 Å². The van der Waals surface area contributed by atoms with Crippen LogP contribution in [0.5, 0.6) is 5.75 Å². The Balaban J connectivity index is 1.42. The lowest BCUT2D eigenvalue weighted by atomic mass is 9.96. The minimum atomic E-state index is -0.814. The number of methoxy groups -OCH3 is 1. The maximum absolute atomic E-state index is 13.2. The van der Waals surface area contributed by atoms with Gasteiger partial charge in [0.15, 0.2) is 5.13 Å². The lowest BCUT2D eigenvalue weighted by Gasteiger charge is -2.30. The van der Waals surface area contributed by atoms with E-state index in [1.54, 1.807) is 35.4 Å². The number of aliphatic carboxylic acids is 1. The lowest BCUT2D eigenvalue weighted by molar-refractivity contribution is -0.143. The molecule has 1 aliphatic heterocycles. The maximum atomic E-state index is 13.2. The summed E-state index contributed by atoms with van der Waals surface area (Å²) in [5.74, 6) is -1.18. The van der Waals surface area contributed by atoms with Crippen LogP contribution in [0.15, 0.2) is 57.8 Å². The molecular weight excluding hydrogens is 512 g/mol. The van der Waals surface area contributed by atoms with Crippen molar-refractivity contribution in [2.24, 2.45) is 5.92 Å². The van der Waals surface area contributed by atoms with E-state index in [9.17, 15) is 19.5 Å². The summed E-state index contributed by atoms with van der Waals surface area (Å²) in [5.41, 5.74) is 1.98. The Morgan fingerprint density at radius 3 is 2.46 bits per heavy atom. The molecular formula is C26H28N4O5S2. The highest BCUT2D eigenvalue weighted by Crippen LogP contribution is 2.36. The second kappa shape index (κ2) is 11.7. The van der Waals surface area contributed by atoms with Crippen molar-refractivity contribution in [3.63, 3.8) is 0 Å². The van der Waals surface area contributed by atoms with E-state index in [-0.39, 0.29) is 11.8 Å². The minimum absolute atomic E-state index is 0.180. The molecule has 37 heavy (non-hydrogen) atoms. The number of nitrogens with one attached hydrogen (secondary N) is 1. The van der Waals surface area contributed by atoms with Gasteiger partial charge in [-0.2, -0.15) is 0 Å². The Hall–Kier alpha value is -3.57. The van der Waals surface area contributed by atoms with Crippen LogP contribution in [0.4, 0.5) is 10.8 Å². The molecule has 0 bridgehead atoms. The zero-order valence-electron chi connectivity index (χ0n) is 20.8. The number of hydrogen-bond acceptors (Lipinski definition) is 8. The molecule has 2 N–H and O–H groups in total. The molecule has 2 amide bonds. The highest BCUT2D eigenvalue weighted by molar-refractivity contribution is 8.01. The van der Waals surface area contributed by atoms with Gasteiger partial charge in [0.25, 0.3) is 11.8 Å². The first-order valence-electron chi connectivity index (χ1n) is 11.7. The van der Waals surface area contributed by atoms with Crippen LogP contribution in [0, 0.1) is 5.92 Å². The number of ether oxygens (including phenoxy) is 1. The average molecular weight is 541 g/mol. The monoisotopic (exact) mass is 540 g/mol. The summed E-state index contributed by atoms with van der Waals surface area (Å²) in [7, 11) is 5.40. The molecule has 0 radical (unpaired) electrons. The fourth-order valence-electron chi connectivity index (χ4n) is 3.98. The SMILES string of the molecule is COc1ccc(Sc2cnc(NC(=O)c3ccc(N(C)C)cc3)s2)cc1C(=O)N1CCC(C(=O)O)CC1. The van der Waals surface area contributed by atoms with Crippen LogP contribution < -0.4 is 15.0 Å². The van der Waals surface area contributed by atoms with Crippen LogP contribution in [-0.4, -0.2) is 67.1 Å². The molecule has 1 aromatic heterocycles. The van der Waals surface area contributed by atoms with Crippen molar-refractivity contribution in [1.29, 1.82) is 0 Å². The number of carbonyl (C=O) groups excluding carboxylic acids is 2. The number of carboxylic acid groups (broad SMARTS) is 1. The van der Waals surface area contributed by atoms with Crippen molar-refractivity contribution in [2.75, 3.05) is 44.5 Å². The highest BCUT2D eigenvalue weighted by atomic mass is 32.2. The molecule has 3 aromatic rings. The molecule has 11 heteroatoms. The van der Waals surface area contributed by atoms with Crippen LogP contribution in [0.2, 0.25) is 0 Å². The summed E-state index contributed by atoms with van der Waals surface area (Å²) < 4.78 is 6.27. The first-order chi connectivity index (χ1) is 17.7. The number of amides is 2. The third kappa shape index (κ3) is 6.41. The summed E-state index contributed by atoms with van der Waals surface area (Å²) in [6.45, 7) is 0.790. The first-order valence-corrected chi connectivity index (χ1v) is 13.3. The minimum Gasteiger partial charge on any atom is -0.496 e. The van der Waals surface area contributed by atoms with E-state index in [0.717, 1.165) is 14.8 Å². The summed E-state index contributed by atoms with van der Waals surface area (Å²) in [6, 6.07) is 12.7. The number of nitrogens with zero attached hydrogens (tertiary/aromatic N) is 3. The first kappa shape index (κ1) is 26.5. The lowest BCUT2D eigenvalue weighted by Crippen LogP contribution is -2.40. The average Bonchev–Trinajstić information content (AvgIpc) is 3.34. The van der Waals surface area contributed by atoms with E-state index < -0.39 is 11.9 Å². The number of carboxylic acids is 1. The Kier molecular flexibility index (Phi) is 8.34. The number of likely N-dealkylation sites (tertiary alicyclic amines) is 1. The number of benzene rings is 2. The molecule has 9 nitrogen and oxygen atoms in total. The number of thiazole rings is 1. The maximum Gasteiger partial charge on any atom is 0.306 e. The summed E-state index contributed by atoms with van der Waals surface area (Å²) in [6.07, 6.45) is 2.56. The van der Waals surface area contributed by atoms with Gasteiger partial charge in [-0.25, -0.2) is 4.98 Å². The van der Waals surface area contributed by atoms with Gasteiger partial charge < -0.3 is 19.6 Å². The van der Waals surface area contributed by atoms with Crippen LogP contribution in [0.3, 0.4) is 0 Å². The molecule has 1 saturated heterocycles. The van der Waals surface area contributed by atoms with E-state index in [1.807, 2.05) is 37.2 Å². The van der Waals surface area contributed by atoms with Gasteiger partial charge in [0.05, 0.1) is 29.0 Å². The molecule has 0 atom stereocenters. The Bertz CT molecular complexity index is 1280. The van der Waals surface area contributed by atoms with E-state index >= 15 is 0 Å². The number of piperidine rings is 1. The van der Waals surface area contributed by atoms with Crippen LogP contribution in [-0.2, 0) is 4.79 Å². The second-order valence-corrected chi connectivity index (χ2v) is 11.2. The van der Waals surface area contributed by atoms with E-state index in [2.05, 4.69) is 10.3 Å². The van der Waals surface area contributed by atoms with Gasteiger partial charge >= 0.3 is 5.97 Å². The van der Waals surface area contributed by atoms with Gasteiger partial charge in [-0.1, -0.05) is 23.1 Å². The molecule has 4 rings (SSSR count). The molecule has 1 fully saturated rings. The Labute approximate surface area is 223 Å². The summed E-state index contributed by atoms with van der Waals surface area (Å²) in [4.78, 5) is 45.8. The fourth-order valence-corrected chi connectivity index (χ4v) is 5.87. The molecule has 2 heterocycles. The van der Waals surface area contributed by atoms with Gasteiger partial charge in [0.2, 0.25) is 0 Å². The fraction of sp³-hybridized carbons (Fsp3) is 0.308. The molecule has 0 saturated carbocycles. The molecule has 194 valence electrons. The number of rotatable bonds is 8. The highest BCUT2D eigenvalue weighted by Gasteiger charge is 2.29. The van der Waals surface area contributed by atoms with Gasteiger partial charge in [0.1, 0.15) is 5.75 Å². The number of aromatic nitrogens is 1. The zero-order valence-corrected chi connectivity index (χ0v) is 22.4. The van der Waals surface area contributed by atoms with E-state index in [1.165, 1.54) is 30.2 Å². The van der Waals surface area contributed by atoms with Crippen molar-refractivity contribution in [1.82, 2.24) is 9.88 Å². The molecule has 1 aliphatic rings. The Morgan fingerprint density at radius 2 is 1.84 bits per heavy atom.